The lowest BCUT2D eigenvalue weighted by Gasteiger charge is -2.37. The van der Waals surface area contributed by atoms with Crippen LogP contribution in [0.15, 0.2) is 88.6 Å². The van der Waals surface area contributed by atoms with Gasteiger partial charge in [-0.3, -0.25) is 14.3 Å². The third-order valence-corrected chi connectivity index (χ3v) is 11.1. The number of hydrogen-bond donors (Lipinski definition) is 2. The van der Waals surface area contributed by atoms with Crippen LogP contribution < -0.4 is 20.7 Å². The number of fused-ring (bicyclic) bond motifs is 3. The number of nitrogens with zero attached hydrogens (tertiary/aromatic N) is 1. The SMILES string of the molecule is COc1ccc(C2(c3ccc(OC)cc3)OC[C@H]3O[C@@H](n4cc(C)c(=O)[nH]c4=O)C[C@@H]3O[P@](O)OCCS(=O)(=O)Cc3cccc2c3)cc1. The highest BCUT2D eigenvalue weighted by Gasteiger charge is 2.44. The summed E-state index contributed by atoms with van der Waals surface area (Å²) in [6, 6.07) is 21.9. The summed E-state index contributed by atoms with van der Waals surface area (Å²) >= 11 is 0. The summed E-state index contributed by atoms with van der Waals surface area (Å²) in [7, 11) is -3.06. The molecule has 0 radical (unpaired) electrons. The molecule has 0 amide bonds. The minimum absolute atomic E-state index is 0.0913. The van der Waals surface area contributed by atoms with Crippen molar-refractivity contribution in [3.8, 4) is 11.5 Å². The normalized spacial score (nSPS) is 23.8. The standard InChI is InChI=1S/C34H37N2O11PS/c1-22-19-36(33(38)35-32(22)37)31-18-29-30(46-31)20-44-34(24-7-11-27(42-2)12-8-24,25-9-13-28(43-3)14-10-25)26-6-4-5-23(17-26)21-49(40,41)16-15-45-48(39)47-29/h4-14,17,19,29-31,39H,15-16,18,20-21H2,1-3H3,(H,35,37,38)/t29-,30+,31+,48+/m0/s1. The lowest BCUT2D eigenvalue weighted by atomic mass is 9.79. The highest BCUT2D eigenvalue weighted by molar-refractivity contribution is 7.90. The largest absolute Gasteiger partial charge is 0.497 e. The number of sulfone groups is 1. The molecule has 3 heterocycles. The summed E-state index contributed by atoms with van der Waals surface area (Å²) in [4.78, 5) is 38.0. The van der Waals surface area contributed by atoms with Gasteiger partial charge in [0.25, 0.3) is 5.56 Å². The summed E-state index contributed by atoms with van der Waals surface area (Å²) in [6.07, 6.45) is -1.08. The van der Waals surface area contributed by atoms with E-state index in [1.54, 1.807) is 39.3 Å². The van der Waals surface area contributed by atoms with Gasteiger partial charge >= 0.3 is 14.3 Å². The third kappa shape index (κ3) is 7.51. The van der Waals surface area contributed by atoms with Crippen LogP contribution in [0.4, 0.5) is 0 Å². The first-order valence-corrected chi connectivity index (χ1v) is 18.5. The Hall–Kier alpha value is -3.88. The van der Waals surface area contributed by atoms with E-state index in [0.29, 0.717) is 39.3 Å². The van der Waals surface area contributed by atoms with E-state index < -0.39 is 53.7 Å². The highest BCUT2D eigenvalue weighted by Crippen LogP contribution is 2.45. The van der Waals surface area contributed by atoms with Crippen molar-refractivity contribution in [3.63, 3.8) is 0 Å². The monoisotopic (exact) mass is 712 g/mol. The molecule has 2 aliphatic rings. The van der Waals surface area contributed by atoms with Gasteiger partial charge in [-0.2, -0.15) is 0 Å². The molecule has 0 unspecified atom stereocenters. The fraction of sp³-hybridized carbons (Fsp3) is 0.353. The summed E-state index contributed by atoms with van der Waals surface area (Å²) in [6.45, 7) is 1.17. The maximum Gasteiger partial charge on any atom is 0.330 e. The fourth-order valence-electron chi connectivity index (χ4n) is 6.14. The van der Waals surface area contributed by atoms with Gasteiger partial charge in [-0.15, -0.1) is 0 Å². The first-order chi connectivity index (χ1) is 23.5. The zero-order chi connectivity index (χ0) is 34.8. The molecule has 4 aromatic rings. The summed E-state index contributed by atoms with van der Waals surface area (Å²) < 4.78 is 63.3. The zero-order valence-corrected chi connectivity index (χ0v) is 28.8. The fourth-order valence-corrected chi connectivity index (χ4v) is 8.19. The van der Waals surface area contributed by atoms with Gasteiger partial charge in [-0.05, 0) is 53.4 Å². The van der Waals surface area contributed by atoms with Gasteiger partial charge in [0.05, 0.1) is 45.0 Å². The van der Waals surface area contributed by atoms with Crippen LogP contribution in [0.3, 0.4) is 0 Å². The Balaban J connectivity index is 1.51. The number of H-pyrrole nitrogens is 1. The van der Waals surface area contributed by atoms with Gasteiger partial charge in [-0.1, -0.05) is 48.5 Å². The number of methoxy groups -OCH3 is 2. The van der Waals surface area contributed by atoms with Crippen molar-refractivity contribution in [1.29, 1.82) is 0 Å². The number of aromatic nitrogens is 2. The molecule has 0 aliphatic carbocycles. The lowest BCUT2D eigenvalue weighted by Crippen LogP contribution is -2.38. The molecule has 0 saturated carbocycles. The van der Waals surface area contributed by atoms with E-state index >= 15 is 0 Å². The topological polar surface area (TPSA) is 165 Å². The van der Waals surface area contributed by atoms with Crippen LogP contribution in [-0.4, -0.2) is 68.3 Å². The van der Waals surface area contributed by atoms with Crippen molar-refractivity contribution < 1.29 is 41.3 Å². The van der Waals surface area contributed by atoms with E-state index in [-0.39, 0.29) is 31.1 Å². The second-order valence-electron chi connectivity index (χ2n) is 11.8. The number of hydrogen-bond acceptors (Lipinski definition) is 11. The molecule has 6 rings (SSSR count). The molecule has 15 heteroatoms. The molecule has 0 spiro atoms. The number of rotatable bonds is 5. The van der Waals surface area contributed by atoms with E-state index in [1.807, 2.05) is 54.6 Å². The molecule has 2 N–H and O–H groups in total. The van der Waals surface area contributed by atoms with Crippen LogP contribution >= 0.6 is 8.60 Å². The third-order valence-electron chi connectivity index (χ3n) is 8.64. The van der Waals surface area contributed by atoms with Crippen molar-refractivity contribution in [1.82, 2.24) is 9.55 Å². The Kier molecular flexibility index (Phi) is 10.4. The minimum atomic E-state index is -3.67. The van der Waals surface area contributed by atoms with Gasteiger partial charge in [0.1, 0.15) is 29.4 Å². The maximum atomic E-state index is 13.2. The highest BCUT2D eigenvalue weighted by atomic mass is 32.2. The predicted octanol–water partition coefficient (Wildman–Crippen LogP) is 3.71. The van der Waals surface area contributed by atoms with Crippen LogP contribution in [0.2, 0.25) is 0 Å². The van der Waals surface area contributed by atoms with Crippen molar-refractivity contribution in [2.75, 3.05) is 33.2 Å². The van der Waals surface area contributed by atoms with Gasteiger partial charge in [-0.25, -0.2) is 13.2 Å². The Morgan fingerprint density at radius 1 is 0.939 bits per heavy atom. The van der Waals surface area contributed by atoms with E-state index in [0.717, 1.165) is 0 Å². The first kappa shape index (κ1) is 35.0. The van der Waals surface area contributed by atoms with E-state index in [2.05, 4.69) is 4.98 Å². The van der Waals surface area contributed by atoms with E-state index in [4.69, 9.17) is 28.0 Å². The molecule has 1 aromatic heterocycles. The Bertz CT molecular complexity index is 1950. The van der Waals surface area contributed by atoms with Crippen molar-refractivity contribution in [2.45, 2.75) is 43.1 Å². The van der Waals surface area contributed by atoms with Gasteiger partial charge in [0.2, 0.25) is 0 Å². The molecule has 1 saturated heterocycles. The van der Waals surface area contributed by atoms with Crippen molar-refractivity contribution in [3.05, 3.63) is 128 Å². The van der Waals surface area contributed by atoms with Crippen LogP contribution in [0, 0.1) is 6.92 Å². The van der Waals surface area contributed by atoms with Crippen molar-refractivity contribution in [2.24, 2.45) is 0 Å². The Morgan fingerprint density at radius 2 is 1.59 bits per heavy atom. The Labute approximate surface area is 284 Å². The van der Waals surface area contributed by atoms with Crippen LogP contribution in [0.5, 0.6) is 11.5 Å². The molecule has 2 aliphatic heterocycles. The van der Waals surface area contributed by atoms with E-state index in [9.17, 15) is 22.9 Å². The lowest BCUT2D eigenvalue weighted by molar-refractivity contribution is -0.0926. The van der Waals surface area contributed by atoms with E-state index in [1.165, 1.54) is 10.8 Å². The second kappa shape index (κ2) is 14.5. The molecular formula is C34H37N2O11PS. The van der Waals surface area contributed by atoms with Gasteiger partial charge in [0.15, 0.2) is 9.84 Å². The van der Waals surface area contributed by atoms with Crippen LogP contribution in [0.25, 0.3) is 0 Å². The average molecular weight is 713 g/mol. The summed E-state index contributed by atoms with van der Waals surface area (Å²) in [5.74, 6) is 0.634. The van der Waals surface area contributed by atoms with Gasteiger partial charge < -0.3 is 32.9 Å². The molecule has 3 aromatic carbocycles. The number of aromatic amines is 1. The second-order valence-corrected chi connectivity index (χ2v) is 14.9. The molecule has 1 fully saturated rings. The number of nitrogens with one attached hydrogen (secondary N) is 1. The van der Waals surface area contributed by atoms with Gasteiger partial charge in [0, 0.05) is 18.2 Å². The molecule has 13 nitrogen and oxygen atoms in total. The smallest absolute Gasteiger partial charge is 0.330 e. The van der Waals surface area contributed by atoms with Crippen molar-refractivity contribution >= 4 is 18.4 Å². The molecule has 2 bridgehead atoms. The minimum Gasteiger partial charge on any atom is -0.497 e. The molecule has 260 valence electrons. The first-order valence-electron chi connectivity index (χ1n) is 15.5. The molecule has 4 atom stereocenters. The summed E-state index contributed by atoms with van der Waals surface area (Å²) in [5.41, 5.74) is 0.376. The average Bonchev–Trinajstić information content (AvgIpc) is 3.48. The molecular weight excluding hydrogens is 675 g/mol. The quantitative estimate of drug-likeness (QED) is 0.290. The summed E-state index contributed by atoms with van der Waals surface area (Å²) in [5, 5.41) is 0. The van der Waals surface area contributed by atoms with Crippen LogP contribution in [0.1, 0.15) is 40.5 Å². The Morgan fingerprint density at radius 3 is 2.22 bits per heavy atom. The van der Waals surface area contributed by atoms with Crippen LogP contribution in [-0.2, 0) is 39.7 Å². The zero-order valence-electron chi connectivity index (χ0n) is 27.1. The molecule has 49 heavy (non-hydrogen) atoms. The number of benzene rings is 3. The predicted molar refractivity (Wildman–Crippen MR) is 180 cm³/mol. The maximum absolute atomic E-state index is 13.2. The number of ether oxygens (including phenoxy) is 4. The number of aryl methyl sites for hydroxylation is 1.